The van der Waals surface area contributed by atoms with Gasteiger partial charge in [-0.15, -0.1) is 0 Å². The van der Waals surface area contributed by atoms with Gasteiger partial charge in [0.15, 0.2) is 17.5 Å². The first-order chi connectivity index (χ1) is 9.40. The Morgan fingerprint density at radius 1 is 1.30 bits per heavy atom. The van der Waals surface area contributed by atoms with Crippen LogP contribution in [0.3, 0.4) is 0 Å². The Morgan fingerprint density at radius 3 is 2.45 bits per heavy atom. The van der Waals surface area contributed by atoms with Crippen LogP contribution in [0.25, 0.3) is 0 Å². The molecule has 1 aliphatic rings. The maximum atomic E-state index is 13.2. The quantitative estimate of drug-likeness (QED) is 0.779. The summed E-state index contributed by atoms with van der Waals surface area (Å²) in [5.74, 6) is -4.74. The summed E-state index contributed by atoms with van der Waals surface area (Å²) in [4.78, 5) is 15.8. The molecule has 1 aromatic carbocycles. The Kier molecular flexibility index (Phi) is 4.32. The minimum Gasteiger partial charge on any atom is -0.337 e. The van der Waals surface area contributed by atoms with E-state index in [2.05, 4.69) is 4.90 Å². The number of rotatable bonds is 2. The third kappa shape index (κ3) is 2.95. The van der Waals surface area contributed by atoms with Crippen LogP contribution < -0.4 is 0 Å². The lowest BCUT2D eigenvalue weighted by Crippen LogP contribution is -2.47. The molecule has 1 atom stereocenters. The zero-order chi connectivity index (χ0) is 14.9. The molecule has 6 heteroatoms. The van der Waals surface area contributed by atoms with Crippen molar-refractivity contribution in [1.82, 2.24) is 9.80 Å². The third-order valence-corrected chi connectivity index (χ3v) is 3.70. The number of hydrogen-bond acceptors (Lipinski definition) is 2. The highest BCUT2D eigenvalue weighted by Gasteiger charge is 2.26. The van der Waals surface area contributed by atoms with Gasteiger partial charge < -0.3 is 9.80 Å². The van der Waals surface area contributed by atoms with Gasteiger partial charge >= 0.3 is 0 Å². The van der Waals surface area contributed by atoms with Gasteiger partial charge in [0, 0.05) is 25.2 Å². The Morgan fingerprint density at radius 2 is 1.90 bits per heavy atom. The lowest BCUT2D eigenvalue weighted by molar-refractivity contribution is 0.0643. The second-order valence-corrected chi connectivity index (χ2v) is 5.23. The number of hydrogen-bond donors (Lipinski definition) is 0. The molecule has 0 radical (unpaired) electrons. The zero-order valence-corrected chi connectivity index (χ0v) is 11.5. The van der Waals surface area contributed by atoms with Crippen LogP contribution in [0.4, 0.5) is 13.2 Å². The summed E-state index contributed by atoms with van der Waals surface area (Å²) in [7, 11) is 3.56. The van der Waals surface area contributed by atoms with Crippen molar-refractivity contribution in [1.29, 1.82) is 0 Å². The molecule has 1 aromatic rings. The van der Waals surface area contributed by atoms with E-state index in [1.165, 1.54) is 4.90 Å². The molecule has 0 aliphatic carbocycles. The van der Waals surface area contributed by atoms with Crippen molar-refractivity contribution in [2.45, 2.75) is 18.9 Å². The van der Waals surface area contributed by atoms with Crippen LogP contribution in [0.1, 0.15) is 23.2 Å². The summed E-state index contributed by atoms with van der Waals surface area (Å²) in [5, 5.41) is 0. The molecule has 1 heterocycles. The molecule has 1 fully saturated rings. The molecule has 20 heavy (non-hydrogen) atoms. The molecule has 0 N–H and O–H groups in total. The van der Waals surface area contributed by atoms with Gasteiger partial charge in [0.25, 0.3) is 5.91 Å². The summed E-state index contributed by atoms with van der Waals surface area (Å²) in [6.07, 6.45) is 1.81. The van der Waals surface area contributed by atoms with Gasteiger partial charge in [-0.25, -0.2) is 13.2 Å². The number of benzene rings is 1. The molecule has 3 nitrogen and oxygen atoms in total. The summed E-state index contributed by atoms with van der Waals surface area (Å²) in [5.41, 5.74) is -0.169. The van der Waals surface area contributed by atoms with Gasteiger partial charge in [0.1, 0.15) is 0 Å². The lowest BCUT2D eigenvalue weighted by Gasteiger charge is -2.35. The summed E-state index contributed by atoms with van der Waals surface area (Å²) < 4.78 is 39.2. The molecule has 0 bridgehead atoms. The maximum Gasteiger partial charge on any atom is 0.254 e. The van der Waals surface area contributed by atoms with Crippen molar-refractivity contribution in [3.05, 3.63) is 35.1 Å². The minimum absolute atomic E-state index is 0.00238. The first-order valence-corrected chi connectivity index (χ1v) is 6.50. The average molecular weight is 286 g/mol. The SMILES string of the molecule is CN1CCCC(N(C)C(=O)c2cc(F)c(F)c(F)c2)C1. The van der Waals surface area contributed by atoms with Gasteiger partial charge in [-0.1, -0.05) is 0 Å². The number of carbonyl (C=O) groups excluding carboxylic acids is 1. The monoisotopic (exact) mass is 286 g/mol. The molecule has 0 spiro atoms. The molecular formula is C14H17F3N2O. The Labute approximate surface area is 116 Å². The predicted octanol–water partition coefficient (Wildman–Crippen LogP) is 2.27. The number of amides is 1. The van der Waals surface area contributed by atoms with E-state index in [4.69, 9.17) is 0 Å². The molecule has 0 aromatic heterocycles. The van der Waals surface area contributed by atoms with Crippen molar-refractivity contribution >= 4 is 5.91 Å². The van der Waals surface area contributed by atoms with Gasteiger partial charge in [-0.2, -0.15) is 0 Å². The smallest absolute Gasteiger partial charge is 0.254 e. The molecule has 1 aliphatic heterocycles. The molecule has 1 saturated heterocycles. The van der Waals surface area contributed by atoms with E-state index in [0.717, 1.165) is 31.5 Å². The van der Waals surface area contributed by atoms with Crippen molar-refractivity contribution in [2.75, 3.05) is 27.2 Å². The predicted molar refractivity (Wildman–Crippen MR) is 68.9 cm³/mol. The minimum atomic E-state index is -1.55. The van der Waals surface area contributed by atoms with Crippen LogP contribution in [0.2, 0.25) is 0 Å². The second kappa shape index (κ2) is 5.83. The van der Waals surface area contributed by atoms with Gasteiger partial charge in [-0.05, 0) is 38.6 Å². The van der Waals surface area contributed by atoms with Gasteiger partial charge in [0.05, 0.1) is 0 Å². The first-order valence-electron chi connectivity index (χ1n) is 6.50. The average Bonchev–Trinajstić information content (AvgIpc) is 2.42. The van der Waals surface area contributed by atoms with Crippen LogP contribution in [0, 0.1) is 17.5 Å². The Hall–Kier alpha value is -1.56. The fourth-order valence-electron chi connectivity index (χ4n) is 2.50. The van der Waals surface area contributed by atoms with E-state index in [1.807, 2.05) is 7.05 Å². The third-order valence-electron chi connectivity index (χ3n) is 3.70. The number of piperidine rings is 1. The number of likely N-dealkylation sites (tertiary alicyclic amines) is 1. The first kappa shape index (κ1) is 14.8. The normalized spacial score (nSPS) is 19.9. The van der Waals surface area contributed by atoms with Crippen LogP contribution in [0.15, 0.2) is 12.1 Å². The molecule has 0 saturated carbocycles. The van der Waals surface area contributed by atoms with Crippen LogP contribution in [-0.4, -0.2) is 48.9 Å². The Balaban J connectivity index is 2.18. The summed E-state index contributed by atoms with van der Waals surface area (Å²) in [6, 6.07) is 1.48. The van der Waals surface area contributed by atoms with Crippen molar-refractivity contribution in [3.8, 4) is 0 Å². The Bertz CT molecular complexity index is 498. The van der Waals surface area contributed by atoms with E-state index < -0.39 is 23.4 Å². The highest BCUT2D eigenvalue weighted by molar-refractivity contribution is 5.94. The molecule has 1 amide bonds. The van der Waals surface area contributed by atoms with Crippen LogP contribution in [-0.2, 0) is 0 Å². The number of likely N-dealkylation sites (N-methyl/N-ethyl adjacent to an activating group) is 2. The highest BCUT2D eigenvalue weighted by Crippen LogP contribution is 2.19. The number of halogens is 3. The summed E-state index contributed by atoms with van der Waals surface area (Å²) >= 11 is 0. The van der Waals surface area contributed by atoms with E-state index in [1.54, 1.807) is 7.05 Å². The zero-order valence-electron chi connectivity index (χ0n) is 11.5. The van der Waals surface area contributed by atoms with Crippen molar-refractivity contribution in [3.63, 3.8) is 0 Å². The van der Waals surface area contributed by atoms with Gasteiger partial charge in [0.2, 0.25) is 0 Å². The summed E-state index contributed by atoms with van der Waals surface area (Å²) in [6.45, 7) is 1.69. The highest BCUT2D eigenvalue weighted by atomic mass is 19.2. The molecule has 2 rings (SSSR count). The standard InChI is InChI=1S/C14H17F3N2O/c1-18-5-3-4-10(8-18)19(2)14(20)9-6-11(15)13(17)12(16)7-9/h6-7,10H,3-5,8H2,1-2H3. The largest absolute Gasteiger partial charge is 0.337 e. The fraction of sp³-hybridized carbons (Fsp3) is 0.500. The molecular weight excluding hydrogens is 269 g/mol. The van der Waals surface area contributed by atoms with Crippen LogP contribution >= 0.6 is 0 Å². The lowest BCUT2D eigenvalue weighted by atomic mass is 10.0. The van der Waals surface area contributed by atoms with Crippen molar-refractivity contribution in [2.24, 2.45) is 0 Å². The second-order valence-electron chi connectivity index (χ2n) is 5.23. The van der Waals surface area contributed by atoms with Crippen LogP contribution in [0.5, 0.6) is 0 Å². The molecule has 110 valence electrons. The van der Waals surface area contributed by atoms with Crippen molar-refractivity contribution < 1.29 is 18.0 Å². The van der Waals surface area contributed by atoms with E-state index >= 15 is 0 Å². The van der Waals surface area contributed by atoms with E-state index in [0.29, 0.717) is 6.54 Å². The maximum absolute atomic E-state index is 13.2. The number of nitrogens with zero attached hydrogens (tertiary/aromatic N) is 2. The molecule has 1 unspecified atom stereocenters. The van der Waals surface area contributed by atoms with E-state index in [9.17, 15) is 18.0 Å². The fourth-order valence-corrected chi connectivity index (χ4v) is 2.50. The van der Waals surface area contributed by atoms with E-state index in [-0.39, 0.29) is 11.6 Å². The van der Waals surface area contributed by atoms with Gasteiger partial charge in [-0.3, -0.25) is 4.79 Å². The number of carbonyl (C=O) groups is 1. The topological polar surface area (TPSA) is 23.6 Å².